The van der Waals surface area contributed by atoms with E-state index in [0.29, 0.717) is 23.2 Å². The molecule has 0 unspecified atom stereocenters. The van der Waals surface area contributed by atoms with E-state index in [9.17, 15) is 9.90 Å². The minimum atomic E-state index is -1.19. The van der Waals surface area contributed by atoms with Crippen molar-refractivity contribution in [2.24, 2.45) is 21.1 Å². The van der Waals surface area contributed by atoms with Gasteiger partial charge in [-0.1, -0.05) is 31.2 Å². The van der Waals surface area contributed by atoms with Crippen molar-refractivity contribution in [2.75, 3.05) is 19.9 Å². The van der Waals surface area contributed by atoms with Gasteiger partial charge < -0.3 is 25.1 Å². The lowest BCUT2D eigenvalue weighted by Crippen LogP contribution is -2.30. The summed E-state index contributed by atoms with van der Waals surface area (Å²) in [7, 11) is -1.19. The molecule has 0 aliphatic carbocycles. The van der Waals surface area contributed by atoms with E-state index in [1.54, 1.807) is 38.4 Å². The first-order valence-corrected chi connectivity index (χ1v) is 16.8. The maximum absolute atomic E-state index is 11.3. The Balaban J connectivity index is 2.19. The SMILES string of the molecule is Cc1cc(OCC(C)(C)C(=O)O)ncc1-c1cnc(C(N)=NC(=NCOCC[Si](C)(C)C)OC(C)C)c(Cl)c1. The quantitative estimate of drug-likeness (QED) is 0.148. The van der Waals surface area contributed by atoms with Crippen molar-refractivity contribution >= 4 is 37.5 Å². The van der Waals surface area contributed by atoms with Crippen molar-refractivity contribution in [3.05, 3.63) is 40.8 Å². The molecule has 2 heterocycles. The van der Waals surface area contributed by atoms with Crippen LogP contribution in [0.25, 0.3) is 11.1 Å². The highest BCUT2D eigenvalue weighted by atomic mass is 35.5. The van der Waals surface area contributed by atoms with Crippen LogP contribution in [0.4, 0.5) is 0 Å². The van der Waals surface area contributed by atoms with Crippen molar-refractivity contribution in [3.8, 4) is 17.0 Å². The summed E-state index contributed by atoms with van der Waals surface area (Å²) in [5.41, 5.74) is 7.85. The number of halogens is 1. The molecule has 0 saturated carbocycles. The maximum atomic E-state index is 11.3. The zero-order valence-corrected chi connectivity index (χ0v) is 25.8. The summed E-state index contributed by atoms with van der Waals surface area (Å²) < 4.78 is 16.9. The number of rotatable bonds is 12. The lowest BCUT2D eigenvalue weighted by atomic mass is 9.95. The largest absolute Gasteiger partial charge is 0.481 e. The van der Waals surface area contributed by atoms with Gasteiger partial charge in [-0.05, 0) is 52.3 Å². The van der Waals surface area contributed by atoms with E-state index in [4.69, 9.17) is 31.5 Å². The summed E-state index contributed by atoms with van der Waals surface area (Å²) in [6.45, 7) is 16.4. The fraction of sp³-hybridized carbons (Fsp3) is 0.519. The Morgan fingerprint density at radius 3 is 2.46 bits per heavy atom. The van der Waals surface area contributed by atoms with Crippen molar-refractivity contribution < 1.29 is 24.1 Å². The second-order valence-corrected chi connectivity index (χ2v) is 17.4. The highest BCUT2D eigenvalue weighted by Gasteiger charge is 2.28. The number of hydrogen-bond acceptors (Lipinski definition) is 7. The molecule has 3 N–H and O–H groups in total. The van der Waals surface area contributed by atoms with E-state index in [1.807, 2.05) is 20.8 Å². The van der Waals surface area contributed by atoms with Gasteiger partial charge >= 0.3 is 12.0 Å². The number of carboxylic acids is 1. The highest BCUT2D eigenvalue weighted by molar-refractivity contribution is 6.76. The number of carbonyl (C=O) groups is 1. The van der Waals surface area contributed by atoms with Crippen molar-refractivity contribution in [1.82, 2.24) is 9.97 Å². The van der Waals surface area contributed by atoms with E-state index >= 15 is 0 Å². The zero-order chi connectivity index (χ0) is 29.4. The molecule has 0 radical (unpaired) electrons. The molecule has 2 aromatic heterocycles. The average molecular weight is 578 g/mol. The lowest BCUT2D eigenvalue weighted by molar-refractivity contribution is -0.148. The molecule has 2 aromatic rings. The van der Waals surface area contributed by atoms with Crippen molar-refractivity contribution in [3.63, 3.8) is 0 Å². The number of nitrogens with two attached hydrogens (primary N) is 1. The molecule has 0 aliphatic rings. The second kappa shape index (κ2) is 13.9. The third-order valence-corrected chi connectivity index (χ3v) is 7.48. The van der Waals surface area contributed by atoms with E-state index in [0.717, 1.165) is 22.7 Å². The van der Waals surface area contributed by atoms with Crippen LogP contribution in [0.15, 0.2) is 34.5 Å². The number of aliphatic imine (C=N–C) groups is 2. The van der Waals surface area contributed by atoms with Crippen LogP contribution in [0.2, 0.25) is 30.7 Å². The summed E-state index contributed by atoms with van der Waals surface area (Å²) in [6, 6.07) is 4.60. The Morgan fingerprint density at radius 2 is 1.90 bits per heavy atom. The molecule has 0 bridgehead atoms. The first kappa shape index (κ1) is 32.2. The molecule has 12 heteroatoms. The minimum absolute atomic E-state index is 0.00871. The molecule has 0 aliphatic heterocycles. The smallest absolute Gasteiger partial charge is 0.316 e. The molecule has 0 aromatic carbocycles. The highest BCUT2D eigenvalue weighted by Crippen LogP contribution is 2.28. The van der Waals surface area contributed by atoms with Crippen LogP contribution in [0, 0.1) is 12.3 Å². The molecule has 10 nitrogen and oxygen atoms in total. The molecular weight excluding hydrogens is 538 g/mol. The zero-order valence-electron chi connectivity index (χ0n) is 24.0. The molecule has 0 saturated heterocycles. The molecule has 39 heavy (non-hydrogen) atoms. The second-order valence-electron chi connectivity index (χ2n) is 11.3. The average Bonchev–Trinajstić information content (AvgIpc) is 2.81. The topological polar surface area (TPSA) is 142 Å². The summed E-state index contributed by atoms with van der Waals surface area (Å²) in [5, 5.41) is 9.57. The fourth-order valence-electron chi connectivity index (χ4n) is 3.01. The standard InChI is InChI=1S/C27H40ClN5O5Si/c1-17(2)38-26(32-16-36-9-10-39(6,7)8)33-24(29)23-21(28)12-19(13-31-23)20-14-30-22(11-18(20)3)37-15-27(4,5)25(34)35/h11-14,17H,9-10,15-16H2,1-8H3,(H,34,35)(H2,29,32,33). The van der Waals surface area contributed by atoms with Gasteiger partial charge in [-0.3, -0.25) is 9.78 Å². The van der Waals surface area contributed by atoms with E-state index < -0.39 is 19.5 Å². The maximum Gasteiger partial charge on any atom is 0.316 e. The predicted octanol–water partition coefficient (Wildman–Crippen LogP) is 5.39. The molecule has 0 atom stereocenters. The Bertz CT molecular complexity index is 1210. The number of carboxylic acid groups (broad SMARTS) is 1. The van der Waals surface area contributed by atoms with E-state index in [-0.39, 0.29) is 31.3 Å². The molecule has 0 fully saturated rings. The number of amidine groups is 2. The fourth-order valence-corrected chi connectivity index (χ4v) is 4.03. The van der Waals surface area contributed by atoms with Crippen LogP contribution < -0.4 is 10.5 Å². The van der Waals surface area contributed by atoms with Gasteiger partial charge in [0.1, 0.15) is 19.0 Å². The Labute approximate surface area is 236 Å². The number of nitrogens with zero attached hydrogens (tertiary/aromatic N) is 4. The number of hydrogen-bond donors (Lipinski definition) is 2. The minimum Gasteiger partial charge on any atom is -0.481 e. The first-order chi connectivity index (χ1) is 18.1. The van der Waals surface area contributed by atoms with E-state index in [1.165, 1.54) is 0 Å². The summed E-state index contributed by atoms with van der Waals surface area (Å²) in [6.07, 6.45) is 3.10. The molecule has 214 valence electrons. The van der Waals surface area contributed by atoms with Crippen LogP contribution in [-0.4, -0.2) is 67.0 Å². The Kier molecular flexibility index (Phi) is 11.4. The van der Waals surface area contributed by atoms with Crippen LogP contribution >= 0.6 is 11.6 Å². The van der Waals surface area contributed by atoms with Crippen LogP contribution in [0.1, 0.15) is 39.0 Å². The number of aryl methyl sites for hydroxylation is 1. The van der Waals surface area contributed by atoms with Gasteiger partial charge in [0, 0.05) is 44.3 Å². The van der Waals surface area contributed by atoms with Crippen molar-refractivity contribution in [2.45, 2.75) is 66.4 Å². The number of ether oxygens (including phenoxy) is 3. The summed E-state index contributed by atoms with van der Waals surface area (Å²) >= 11 is 6.54. The third-order valence-electron chi connectivity index (χ3n) is 5.49. The summed E-state index contributed by atoms with van der Waals surface area (Å²) in [5.74, 6) is -0.550. The first-order valence-electron chi connectivity index (χ1n) is 12.7. The Morgan fingerprint density at radius 1 is 1.21 bits per heavy atom. The molecule has 2 rings (SSSR count). The number of pyridine rings is 2. The molecule has 0 amide bonds. The van der Waals surface area contributed by atoms with Crippen LogP contribution in [-0.2, 0) is 14.3 Å². The monoisotopic (exact) mass is 577 g/mol. The Hall–Kier alpha value is -3.02. The predicted molar refractivity (Wildman–Crippen MR) is 157 cm³/mol. The van der Waals surface area contributed by atoms with Gasteiger partial charge in [-0.2, -0.15) is 4.99 Å². The lowest BCUT2D eigenvalue weighted by Gasteiger charge is -2.19. The van der Waals surface area contributed by atoms with Gasteiger partial charge in [0.05, 0.1) is 16.5 Å². The van der Waals surface area contributed by atoms with Gasteiger partial charge in [-0.25, -0.2) is 9.98 Å². The van der Waals surface area contributed by atoms with Gasteiger partial charge in [0.15, 0.2) is 5.84 Å². The summed E-state index contributed by atoms with van der Waals surface area (Å²) in [4.78, 5) is 28.7. The van der Waals surface area contributed by atoms with Gasteiger partial charge in [-0.15, -0.1) is 0 Å². The van der Waals surface area contributed by atoms with Crippen LogP contribution in [0.3, 0.4) is 0 Å². The van der Waals surface area contributed by atoms with Crippen LogP contribution in [0.5, 0.6) is 5.88 Å². The normalized spacial score (nSPS) is 13.1. The van der Waals surface area contributed by atoms with E-state index in [2.05, 4.69) is 39.6 Å². The van der Waals surface area contributed by atoms with Gasteiger partial charge in [0.25, 0.3) is 0 Å². The molecule has 0 spiro atoms. The van der Waals surface area contributed by atoms with Crippen molar-refractivity contribution in [1.29, 1.82) is 0 Å². The molecular formula is C27H40ClN5O5Si. The number of aliphatic carboxylic acids is 1. The third kappa shape index (κ3) is 10.6. The van der Waals surface area contributed by atoms with Gasteiger partial charge in [0.2, 0.25) is 5.88 Å². The number of aromatic nitrogens is 2.